The molecule has 0 saturated carbocycles. The standard InChI is InChI=1S/C22H22N4O2/c1-3-26(18-9-4-7-16(2)13-18)22(28)20-11-5-10-19(25-20)21(27)24-15-17-8-6-12-23-14-17/h4-14H,3,15H2,1-2H3,(H,24,27). The van der Waals surface area contributed by atoms with Gasteiger partial charge in [-0.2, -0.15) is 0 Å². The van der Waals surface area contributed by atoms with Crippen LogP contribution in [-0.2, 0) is 6.54 Å². The van der Waals surface area contributed by atoms with Crippen molar-refractivity contribution in [2.45, 2.75) is 20.4 Å². The van der Waals surface area contributed by atoms with E-state index in [1.807, 2.05) is 50.2 Å². The Balaban J connectivity index is 1.76. The summed E-state index contributed by atoms with van der Waals surface area (Å²) in [5.41, 5.74) is 3.20. The quantitative estimate of drug-likeness (QED) is 0.718. The monoisotopic (exact) mass is 374 g/mol. The van der Waals surface area contributed by atoms with E-state index in [0.29, 0.717) is 13.1 Å². The largest absolute Gasteiger partial charge is 0.347 e. The van der Waals surface area contributed by atoms with E-state index < -0.39 is 0 Å². The molecule has 0 bridgehead atoms. The lowest BCUT2D eigenvalue weighted by Gasteiger charge is -2.21. The summed E-state index contributed by atoms with van der Waals surface area (Å²) in [4.78, 5) is 35.3. The Morgan fingerprint density at radius 3 is 2.54 bits per heavy atom. The minimum Gasteiger partial charge on any atom is -0.347 e. The molecule has 0 fully saturated rings. The second-order valence-corrected chi connectivity index (χ2v) is 6.34. The van der Waals surface area contributed by atoms with Crippen molar-refractivity contribution in [3.8, 4) is 0 Å². The van der Waals surface area contributed by atoms with Crippen LogP contribution in [0.1, 0.15) is 39.0 Å². The van der Waals surface area contributed by atoms with Gasteiger partial charge in [0.15, 0.2) is 0 Å². The summed E-state index contributed by atoms with van der Waals surface area (Å²) in [6.45, 7) is 4.73. The number of hydrogen-bond acceptors (Lipinski definition) is 4. The van der Waals surface area contributed by atoms with Crippen molar-refractivity contribution in [3.63, 3.8) is 0 Å². The maximum Gasteiger partial charge on any atom is 0.276 e. The molecule has 3 aromatic rings. The van der Waals surface area contributed by atoms with E-state index in [4.69, 9.17) is 0 Å². The molecular formula is C22H22N4O2. The third kappa shape index (κ3) is 4.59. The maximum atomic E-state index is 13.0. The minimum absolute atomic E-state index is 0.204. The second kappa shape index (κ2) is 8.90. The number of amides is 2. The molecule has 0 aliphatic rings. The van der Waals surface area contributed by atoms with Gasteiger partial charge in [-0.05, 0) is 55.3 Å². The fourth-order valence-electron chi connectivity index (χ4n) is 2.83. The van der Waals surface area contributed by atoms with Crippen LogP contribution in [0.25, 0.3) is 0 Å². The van der Waals surface area contributed by atoms with Crippen LogP contribution in [0.15, 0.2) is 67.0 Å². The Labute approximate surface area is 164 Å². The van der Waals surface area contributed by atoms with E-state index in [0.717, 1.165) is 16.8 Å². The predicted molar refractivity (Wildman–Crippen MR) is 108 cm³/mol. The first-order chi connectivity index (χ1) is 13.6. The first kappa shape index (κ1) is 19.2. The molecule has 0 saturated heterocycles. The number of nitrogens with zero attached hydrogens (tertiary/aromatic N) is 3. The van der Waals surface area contributed by atoms with E-state index in [1.54, 1.807) is 35.5 Å². The number of carbonyl (C=O) groups is 2. The molecule has 2 amide bonds. The van der Waals surface area contributed by atoms with Crippen LogP contribution in [-0.4, -0.2) is 28.3 Å². The number of pyridine rings is 2. The van der Waals surface area contributed by atoms with Gasteiger partial charge in [-0.15, -0.1) is 0 Å². The Bertz CT molecular complexity index is 973. The number of anilines is 1. The van der Waals surface area contributed by atoms with Crippen molar-refractivity contribution in [2.24, 2.45) is 0 Å². The summed E-state index contributed by atoms with van der Waals surface area (Å²) in [6, 6.07) is 16.3. The smallest absolute Gasteiger partial charge is 0.276 e. The Hall–Kier alpha value is -3.54. The lowest BCUT2D eigenvalue weighted by molar-refractivity contribution is 0.0945. The van der Waals surface area contributed by atoms with Crippen LogP contribution in [0, 0.1) is 6.92 Å². The van der Waals surface area contributed by atoms with Gasteiger partial charge in [0, 0.05) is 31.2 Å². The van der Waals surface area contributed by atoms with Gasteiger partial charge in [-0.25, -0.2) is 4.98 Å². The van der Waals surface area contributed by atoms with Crippen molar-refractivity contribution >= 4 is 17.5 Å². The molecule has 0 radical (unpaired) electrons. The topological polar surface area (TPSA) is 75.2 Å². The molecule has 6 heteroatoms. The van der Waals surface area contributed by atoms with Crippen molar-refractivity contribution in [1.29, 1.82) is 0 Å². The van der Waals surface area contributed by atoms with E-state index in [-0.39, 0.29) is 23.2 Å². The third-order valence-corrected chi connectivity index (χ3v) is 4.25. The van der Waals surface area contributed by atoms with E-state index in [1.165, 1.54) is 0 Å². The molecule has 3 rings (SSSR count). The van der Waals surface area contributed by atoms with Gasteiger partial charge in [0.2, 0.25) is 0 Å². The number of nitrogens with one attached hydrogen (secondary N) is 1. The molecular weight excluding hydrogens is 352 g/mol. The highest BCUT2D eigenvalue weighted by molar-refractivity contribution is 6.05. The summed E-state index contributed by atoms with van der Waals surface area (Å²) in [6.07, 6.45) is 3.37. The fourth-order valence-corrected chi connectivity index (χ4v) is 2.83. The highest BCUT2D eigenvalue weighted by Crippen LogP contribution is 2.18. The molecule has 142 valence electrons. The SMILES string of the molecule is CCN(C(=O)c1cccc(C(=O)NCc2cccnc2)n1)c1cccc(C)c1. The molecule has 0 aliphatic carbocycles. The van der Waals surface area contributed by atoms with E-state index in [9.17, 15) is 9.59 Å². The van der Waals surface area contributed by atoms with Crippen LogP contribution in [0.4, 0.5) is 5.69 Å². The van der Waals surface area contributed by atoms with Gasteiger partial charge in [0.25, 0.3) is 11.8 Å². The van der Waals surface area contributed by atoms with Crippen LogP contribution in [0.2, 0.25) is 0 Å². The second-order valence-electron chi connectivity index (χ2n) is 6.34. The average molecular weight is 374 g/mol. The zero-order valence-corrected chi connectivity index (χ0v) is 15.9. The molecule has 2 aromatic heterocycles. The molecule has 28 heavy (non-hydrogen) atoms. The minimum atomic E-state index is -0.336. The molecule has 0 spiro atoms. The Morgan fingerprint density at radius 2 is 1.82 bits per heavy atom. The lowest BCUT2D eigenvalue weighted by atomic mass is 10.2. The maximum absolute atomic E-state index is 13.0. The predicted octanol–water partition coefficient (Wildman–Crippen LogP) is 3.38. The zero-order valence-electron chi connectivity index (χ0n) is 15.9. The van der Waals surface area contributed by atoms with Gasteiger partial charge in [-0.1, -0.05) is 24.3 Å². The van der Waals surface area contributed by atoms with Crippen molar-refractivity contribution in [3.05, 3.63) is 89.5 Å². The van der Waals surface area contributed by atoms with Gasteiger partial charge >= 0.3 is 0 Å². The summed E-state index contributed by atoms with van der Waals surface area (Å²) in [5.74, 6) is -0.577. The number of hydrogen-bond donors (Lipinski definition) is 1. The first-order valence-corrected chi connectivity index (χ1v) is 9.11. The molecule has 0 atom stereocenters. The Morgan fingerprint density at radius 1 is 1.04 bits per heavy atom. The number of rotatable bonds is 6. The summed E-state index contributed by atoms with van der Waals surface area (Å²) >= 11 is 0. The number of carbonyl (C=O) groups excluding carboxylic acids is 2. The van der Waals surface area contributed by atoms with Crippen LogP contribution < -0.4 is 10.2 Å². The summed E-state index contributed by atoms with van der Waals surface area (Å²) in [5, 5.41) is 2.80. The zero-order chi connectivity index (χ0) is 19.9. The Kier molecular flexibility index (Phi) is 6.11. The fraction of sp³-hybridized carbons (Fsp3) is 0.182. The van der Waals surface area contributed by atoms with Crippen molar-refractivity contribution in [1.82, 2.24) is 15.3 Å². The van der Waals surface area contributed by atoms with Crippen LogP contribution >= 0.6 is 0 Å². The van der Waals surface area contributed by atoms with Gasteiger partial charge < -0.3 is 10.2 Å². The van der Waals surface area contributed by atoms with Crippen molar-refractivity contribution in [2.75, 3.05) is 11.4 Å². The highest BCUT2D eigenvalue weighted by atomic mass is 16.2. The van der Waals surface area contributed by atoms with Gasteiger partial charge in [0.05, 0.1) is 0 Å². The van der Waals surface area contributed by atoms with E-state index in [2.05, 4.69) is 15.3 Å². The number of benzene rings is 1. The molecule has 6 nitrogen and oxygen atoms in total. The average Bonchev–Trinajstić information content (AvgIpc) is 2.73. The first-order valence-electron chi connectivity index (χ1n) is 9.11. The lowest BCUT2D eigenvalue weighted by Crippen LogP contribution is -2.32. The molecule has 0 aliphatic heterocycles. The van der Waals surface area contributed by atoms with E-state index >= 15 is 0 Å². The molecule has 1 aromatic carbocycles. The molecule has 0 unspecified atom stereocenters. The van der Waals surface area contributed by atoms with Crippen LogP contribution in [0.3, 0.4) is 0 Å². The summed E-state index contributed by atoms with van der Waals surface area (Å²) < 4.78 is 0. The third-order valence-electron chi connectivity index (χ3n) is 4.25. The van der Waals surface area contributed by atoms with Gasteiger partial charge in [0.1, 0.15) is 11.4 Å². The molecule has 2 heterocycles. The normalized spacial score (nSPS) is 10.4. The summed E-state index contributed by atoms with van der Waals surface area (Å²) in [7, 11) is 0. The number of aryl methyl sites for hydroxylation is 1. The van der Waals surface area contributed by atoms with Crippen molar-refractivity contribution < 1.29 is 9.59 Å². The van der Waals surface area contributed by atoms with Gasteiger partial charge in [-0.3, -0.25) is 14.6 Å². The van der Waals surface area contributed by atoms with Crippen LogP contribution in [0.5, 0.6) is 0 Å². The molecule has 1 N–H and O–H groups in total. The number of aromatic nitrogens is 2. The highest BCUT2D eigenvalue weighted by Gasteiger charge is 2.19.